The quantitative estimate of drug-likeness (QED) is 0.0211. The number of likely N-dealkylation sites (N-methyl/N-ethyl adjacent to an activating group) is 1. The number of carbonyl (C=O) groups is 3. The molecule has 2 unspecified atom stereocenters. The molecule has 0 fully saturated rings. The molecule has 0 aromatic rings. The second-order valence-electron chi connectivity index (χ2n) is 22.7. The van der Waals surface area contributed by atoms with E-state index in [-0.39, 0.29) is 32.2 Å². The molecular weight excluding hydrogens is 935 g/mol. The number of aliphatic carboxylic acids is 1. The summed E-state index contributed by atoms with van der Waals surface area (Å²) in [6, 6.07) is 0. The third kappa shape index (κ3) is 58.8. The monoisotopic (exact) mass is 1060 g/mol. The first-order valence-corrected chi connectivity index (χ1v) is 31.8. The fraction of sp³-hybridized carbons (Fsp3) is 0.833. The summed E-state index contributed by atoms with van der Waals surface area (Å²) in [5, 5.41) is 9.72. The summed E-state index contributed by atoms with van der Waals surface area (Å²) in [5.74, 6) is -1.99. The summed E-state index contributed by atoms with van der Waals surface area (Å²) in [7, 11) is 5.98. The Labute approximate surface area is 463 Å². The van der Waals surface area contributed by atoms with Crippen LogP contribution in [-0.4, -0.2) is 87.4 Å². The predicted octanol–water partition coefficient (Wildman–Crippen LogP) is 19.0. The highest BCUT2D eigenvalue weighted by molar-refractivity contribution is 5.71. The lowest BCUT2D eigenvalue weighted by molar-refractivity contribution is -0.870. The number of hydrogen-bond acceptors (Lipinski definition) is 7. The summed E-state index contributed by atoms with van der Waals surface area (Å²) in [5.41, 5.74) is 0. The Kier molecular flexibility index (Phi) is 55.3. The third-order valence-corrected chi connectivity index (χ3v) is 14.1. The van der Waals surface area contributed by atoms with Gasteiger partial charge >= 0.3 is 17.9 Å². The lowest BCUT2D eigenvalue weighted by atomic mass is 10.0. The summed E-state index contributed by atoms with van der Waals surface area (Å²) < 4.78 is 22.9. The molecule has 9 nitrogen and oxygen atoms in total. The number of quaternary nitrogens is 1. The Balaban J connectivity index is 4.17. The molecule has 0 spiro atoms. The minimum Gasteiger partial charge on any atom is -0.477 e. The lowest BCUT2D eigenvalue weighted by Gasteiger charge is -2.25. The minimum absolute atomic E-state index is 0.181. The zero-order valence-electron chi connectivity index (χ0n) is 50.0. The van der Waals surface area contributed by atoms with Crippen LogP contribution < -0.4 is 0 Å². The van der Waals surface area contributed by atoms with Gasteiger partial charge in [0.15, 0.2) is 6.10 Å². The van der Waals surface area contributed by atoms with Crippen molar-refractivity contribution in [2.75, 3.05) is 47.5 Å². The molecule has 0 rings (SSSR count). The van der Waals surface area contributed by atoms with Crippen molar-refractivity contribution < 1.29 is 42.9 Å². The molecule has 0 aliphatic carbocycles. The highest BCUT2D eigenvalue weighted by atomic mass is 16.7. The number of hydrogen-bond donors (Lipinski definition) is 1. The second-order valence-corrected chi connectivity index (χ2v) is 22.7. The van der Waals surface area contributed by atoms with Gasteiger partial charge in [0.05, 0.1) is 34.4 Å². The third-order valence-electron chi connectivity index (χ3n) is 14.1. The van der Waals surface area contributed by atoms with Crippen molar-refractivity contribution in [2.24, 2.45) is 0 Å². The molecule has 9 heteroatoms. The zero-order valence-corrected chi connectivity index (χ0v) is 50.0. The van der Waals surface area contributed by atoms with Crippen LogP contribution >= 0.6 is 0 Å². The predicted molar refractivity (Wildman–Crippen MR) is 318 cm³/mol. The summed E-state index contributed by atoms with van der Waals surface area (Å²) in [6.45, 7) is 4.90. The fourth-order valence-corrected chi connectivity index (χ4v) is 9.14. The first kappa shape index (κ1) is 72.2. The molecule has 2 atom stereocenters. The van der Waals surface area contributed by atoms with Crippen molar-refractivity contribution in [3.63, 3.8) is 0 Å². The molecule has 0 aromatic heterocycles. The van der Waals surface area contributed by atoms with Crippen LogP contribution in [0.5, 0.6) is 0 Å². The van der Waals surface area contributed by atoms with Crippen LogP contribution in [0.1, 0.15) is 296 Å². The number of nitrogens with zero attached hydrogens (tertiary/aromatic N) is 1. The maximum absolute atomic E-state index is 12.9. The molecule has 0 aliphatic rings. The van der Waals surface area contributed by atoms with E-state index in [1.807, 2.05) is 21.1 Å². The number of rotatable bonds is 59. The van der Waals surface area contributed by atoms with E-state index >= 15 is 0 Å². The fourth-order valence-electron chi connectivity index (χ4n) is 9.14. The van der Waals surface area contributed by atoms with E-state index in [0.29, 0.717) is 17.4 Å². The van der Waals surface area contributed by atoms with Crippen molar-refractivity contribution in [1.29, 1.82) is 0 Å². The molecular formula is C66H122NO8+. The van der Waals surface area contributed by atoms with E-state index in [2.05, 4.69) is 62.5 Å². The van der Waals surface area contributed by atoms with Gasteiger partial charge in [-0.05, 0) is 77.0 Å². The standard InChI is InChI=1S/C66H121NO8/c1-6-8-10-12-14-16-18-20-22-24-26-28-29-30-31-32-33-34-35-37-39-41-43-45-47-49-51-53-55-57-64(69)75-62(61-74-66(65(70)71)72-59-58-67(3,4)5)60-73-63(68)56-54-52-50-48-46-44-42-40-38-36-27-25-23-21-19-17-15-13-11-9-7-2/h18,20,24-27,29-30,62,66H,6-17,19,21-23,28,31-61H2,1-5H3/p+1/b20-18-,26-24-,27-25-,30-29-. The molecule has 1 N–H and O–H groups in total. The minimum atomic E-state index is -1.51. The van der Waals surface area contributed by atoms with Crippen molar-refractivity contribution >= 4 is 17.9 Å². The van der Waals surface area contributed by atoms with Gasteiger partial charge in [-0.2, -0.15) is 0 Å². The molecule has 0 bridgehead atoms. The average molecular weight is 1060 g/mol. The number of carbonyl (C=O) groups excluding carboxylic acids is 2. The number of esters is 2. The van der Waals surface area contributed by atoms with Gasteiger partial charge in [0.1, 0.15) is 13.2 Å². The summed E-state index contributed by atoms with van der Waals surface area (Å²) in [4.78, 5) is 37.5. The van der Waals surface area contributed by atoms with Gasteiger partial charge in [-0.25, -0.2) is 4.79 Å². The largest absolute Gasteiger partial charge is 0.477 e. The molecule has 0 saturated carbocycles. The summed E-state index contributed by atoms with van der Waals surface area (Å²) >= 11 is 0. The molecule has 75 heavy (non-hydrogen) atoms. The second kappa shape index (κ2) is 57.4. The van der Waals surface area contributed by atoms with E-state index < -0.39 is 24.3 Å². The normalized spacial score (nSPS) is 13.0. The number of carboxylic acids is 1. The van der Waals surface area contributed by atoms with Crippen LogP contribution in [-0.2, 0) is 33.3 Å². The van der Waals surface area contributed by atoms with E-state index in [0.717, 1.165) is 51.4 Å². The molecule has 0 heterocycles. The molecule has 0 aromatic carbocycles. The Bertz CT molecular complexity index is 1370. The van der Waals surface area contributed by atoms with Crippen LogP contribution in [0.2, 0.25) is 0 Å². The molecule has 0 aliphatic heterocycles. The maximum atomic E-state index is 12.9. The highest BCUT2D eigenvalue weighted by Gasteiger charge is 2.25. The Morgan fingerprint density at radius 3 is 1.08 bits per heavy atom. The number of ether oxygens (including phenoxy) is 4. The SMILES string of the molecule is CCCCCCC/C=C\C/C=C\C/C=C\CCCCCCCCCCCCCCCCC(=O)OC(COC(=O)CCCCCCCCCCC/C=C\CCCCCCCCCC)COC(OCC[N+](C)(C)C)C(=O)O. The Hall–Kier alpha value is -2.75. The van der Waals surface area contributed by atoms with E-state index in [1.54, 1.807) is 0 Å². The lowest BCUT2D eigenvalue weighted by Crippen LogP contribution is -2.40. The van der Waals surface area contributed by atoms with Crippen LogP contribution in [0.4, 0.5) is 0 Å². The van der Waals surface area contributed by atoms with Crippen LogP contribution in [0, 0.1) is 0 Å². The van der Waals surface area contributed by atoms with Gasteiger partial charge in [-0.15, -0.1) is 0 Å². The molecule has 438 valence electrons. The molecule has 0 radical (unpaired) electrons. The van der Waals surface area contributed by atoms with Crippen LogP contribution in [0.25, 0.3) is 0 Å². The van der Waals surface area contributed by atoms with Crippen molar-refractivity contribution in [3.05, 3.63) is 48.6 Å². The van der Waals surface area contributed by atoms with Gasteiger partial charge in [-0.3, -0.25) is 9.59 Å². The van der Waals surface area contributed by atoms with E-state index in [1.165, 1.54) is 218 Å². The van der Waals surface area contributed by atoms with E-state index in [4.69, 9.17) is 18.9 Å². The Morgan fingerprint density at radius 1 is 0.400 bits per heavy atom. The summed E-state index contributed by atoms with van der Waals surface area (Å²) in [6.07, 6.45) is 69.1. The highest BCUT2D eigenvalue weighted by Crippen LogP contribution is 2.17. The molecule has 0 saturated heterocycles. The maximum Gasteiger partial charge on any atom is 0.361 e. The van der Waals surface area contributed by atoms with Crippen molar-refractivity contribution in [3.8, 4) is 0 Å². The first-order chi connectivity index (χ1) is 36.6. The Morgan fingerprint density at radius 2 is 0.720 bits per heavy atom. The van der Waals surface area contributed by atoms with Crippen molar-refractivity contribution in [2.45, 2.75) is 309 Å². The van der Waals surface area contributed by atoms with E-state index in [9.17, 15) is 19.5 Å². The molecule has 0 amide bonds. The first-order valence-electron chi connectivity index (χ1n) is 31.8. The van der Waals surface area contributed by atoms with Gasteiger partial charge in [-0.1, -0.05) is 255 Å². The van der Waals surface area contributed by atoms with Crippen molar-refractivity contribution in [1.82, 2.24) is 0 Å². The van der Waals surface area contributed by atoms with Crippen LogP contribution in [0.15, 0.2) is 48.6 Å². The average Bonchev–Trinajstić information content (AvgIpc) is 3.38. The number of allylic oxidation sites excluding steroid dienone is 8. The van der Waals surface area contributed by atoms with Gasteiger partial charge in [0.2, 0.25) is 0 Å². The smallest absolute Gasteiger partial charge is 0.361 e. The zero-order chi connectivity index (χ0) is 54.8. The van der Waals surface area contributed by atoms with Crippen LogP contribution in [0.3, 0.4) is 0 Å². The van der Waals surface area contributed by atoms with Gasteiger partial charge in [0.25, 0.3) is 6.29 Å². The topological polar surface area (TPSA) is 108 Å². The number of carboxylic acid groups (broad SMARTS) is 1. The number of unbranched alkanes of at least 4 members (excludes halogenated alkanes) is 36. The van der Waals surface area contributed by atoms with Gasteiger partial charge < -0.3 is 28.5 Å². The van der Waals surface area contributed by atoms with Gasteiger partial charge in [0, 0.05) is 12.8 Å².